The molecular formula is C19H21N3OS. The maximum absolute atomic E-state index is 12.8. The van der Waals surface area contributed by atoms with Gasteiger partial charge in [0.1, 0.15) is 0 Å². The molecule has 2 heterocycles. The van der Waals surface area contributed by atoms with Crippen molar-refractivity contribution in [3.8, 4) is 0 Å². The van der Waals surface area contributed by atoms with Gasteiger partial charge >= 0.3 is 0 Å². The third kappa shape index (κ3) is 3.62. The van der Waals surface area contributed by atoms with Gasteiger partial charge in [-0.15, -0.1) is 11.3 Å². The summed E-state index contributed by atoms with van der Waals surface area (Å²) in [6, 6.07) is 8.07. The van der Waals surface area contributed by atoms with Crippen molar-refractivity contribution in [2.24, 2.45) is 0 Å². The molecule has 24 heavy (non-hydrogen) atoms. The Morgan fingerprint density at radius 1 is 1.33 bits per heavy atom. The second-order valence-electron chi connectivity index (χ2n) is 6.06. The highest BCUT2D eigenvalue weighted by Crippen LogP contribution is 2.21. The molecule has 2 aromatic heterocycles. The lowest BCUT2D eigenvalue weighted by Crippen LogP contribution is -2.34. The molecule has 1 amide bonds. The van der Waals surface area contributed by atoms with Gasteiger partial charge in [0.15, 0.2) is 0 Å². The Bertz CT molecular complexity index is 858. The molecule has 1 atom stereocenters. The summed E-state index contributed by atoms with van der Waals surface area (Å²) in [4.78, 5) is 22.6. The molecule has 1 N–H and O–H groups in total. The van der Waals surface area contributed by atoms with Crippen LogP contribution in [0.5, 0.6) is 0 Å². The number of hydrogen-bond acceptors (Lipinski definition) is 4. The van der Waals surface area contributed by atoms with E-state index >= 15 is 0 Å². The van der Waals surface area contributed by atoms with Gasteiger partial charge in [-0.2, -0.15) is 0 Å². The fourth-order valence-corrected chi connectivity index (χ4v) is 3.54. The van der Waals surface area contributed by atoms with Crippen LogP contribution in [0, 0.1) is 6.92 Å². The lowest BCUT2D eigenvalue weighted by Gasteiger charge is -2.15. The zero-order valence-corrected chi connectivity index (χ0v) is 15.0. The Kier molecular flexibility index (Phi) is 4.90. The van der Waals surface area contributed by atoms with Crippen LogP contribution < -0.4 is 5.32 Å². The highest BCUT2D eigenvalue weighted by Gasteiger charge is 2.15. The second-order valence-corrected chi connectivity index (χ2v) is 7.03. The lowest BCUT2D eigenvalue weighted by atomic mass is 10.0. The number of aromatic nitrogens is 2. The van der Waals surface area contributed by atoms with Crippen molar-refractivity contribution in [1.29, 1.82) is 0 Å². The predicted octanol–water partition coefficient (Wildman–Crippen LogP) is 3.92. The van der Waals surface area contributed by atoms with E-state index in [2.05, 4.69) is 34.3 Å². The molecule has 1 aromatic carbocycles. The van der Waals surface area contributed by atoms with E-state index in [0.29, 0.717) is 5.56 Å². The highest BCUT2D eigenvalue weighted by atomic mass is 32.1. The third-order valence-electron chi connectivity index (χ3n) is 4.02. The van der Waals surface area contributed by atoms with E-state index in [1.165, 1.54) is 10.4 Å². The van der Waals surface area contributed by atoms with Gasteiger partial charge in [-0.05, 0) is 44.0 Å². The average molecular weight is 339 g/mol. The normalized spacial score (nSPS) is 12.3. The van der Waals surface area contributed by atoms with Crippen molar-refractivity contribution in [2.45, 2.75) is 39.7 Å². The SMILES string of the molecule is CCc1ccc2nc(C)cc(C(=O)NC(C)Cc3cncs3)c2c1. The standard InChI is InChI=1S/C19H21N3OS/c1-4-14-5-6-18-16(9-14)17(8-13(3)21-18)19(23)22-12(2)7-15-10-20-11-24-15/h5-6,8-12H,4,7H2,1-3H3,(H,22,23). The first-order valence-electron chi connectivity index (χ1n) is 8.15. The maximum atomic E-state index is 12.8. The number of pyridine rings is 1. The van der Waals surface area contributed by atoms with Crippen molar-refractivity contribution in [3.63, 3.8) is 0 Å². The fraction of sp³-hybridized carbons (Fsp3) is 0.316. The maximum Gasteiger partial charge on any atom is 0.252 e. The molecular weight excluding hydrogens is 318 g/mol. The number of amides is 1. The minimum atomic E-state index is -0.0456. The van der Waals surface area contributed by atoms with Gasteiger partial charge in [0.2, 0.25) is 0 Å². The number of hydrogen-bond donors (Lipinski definition) is 1. The van der Waals surface area contributed by atoms with E-state index in [0.717, 1.165) is 29.4 Å². The molecule has 0 fully saturated rings. The van der Waals surface area contributed by atoms with Gasteiger partial charge in [-0.1, -0.05) is 13.0 Å². The summed E-state index contributed by atoms with van der Waals surface area (Å²) in [6.45, 7) is 6.05. The molecule has 124 valence electrons. The first-order valence-corrected chi connectivity index (χ1v) is 9.03. The van der Waals surface area contributed by atoms with E-state index in [9.17, 15) is 4.79 Å². The van der Waals surface area contributed by atoms with Crippen LogP contribution in [0.15, 0.2) is 36.0 Å². The molecule has 4 nitrogen and oxygen atoms in total. The second kappa shape index (κ2) is 7.09. The van der Waals surface area contributed by atoms with Gasteiger partial charge in [0.25, 0.3) is 5.91 Å². The van der Waals surface area contributed by atoms with Crippen molar-refractivity contribution >= 4 is 28.1 Å². The monoisotopic (exact) mass is 339 g/mol. The summed E-state index contributed by atoms with van der Waals surface area (Å²) >= 11 is 1.61. The summed E-state index contributed by atoms with van der Waals surface area (Å²) in [6.07, 6.45) is 3.58. The minimum absolute atomic E-state index is 0.0456. The smallest absolute Gasteiger partial charge is 0.252 e. The topological polar surface area (TPSA) is 54.9 Å². The van der Waals surface area contributed by atoms with Crippen LogP contribution in [0.25, 0.3) is 10.9 Å². The molecule has 5 heteroatoms. The van der Waals surface area contributed by atoms with Crippen LogP contribution in [0.2, 0.25) is 0 Å². The minimum Gasteiger partial charge on any atom is -0.349 e. The average Bonchev–Trinajstić information content (AvgIpc) is 3.06. The molecule has 0 spiro atoms. The van der Waals surface area contributed by atoms with E-state index in [4.69, 9.17) is 0 Å². The molecule has 0 saturated heterocycles. The number of fused-ring (bicyclic) bond motifs is 1. The van der Waals surface area contributed by atoms with Gasteiger partial charge < -0.3 is 5.32 Å². The van der Waals surface area contributed by atoms with Gasteiger partial charge in [0, 0.05) is 34.6 Å². The van der Waals surface area contributed by atoms with Crippen molar-refractivity contribution in [3.05, 3.63) is 57.7 Å². The van der Waals surface area contributed by atoms with Crippen LogP contribution >= 0.6 is 11.3 Å². The Morgan fingerprint density at radius 2 is 2.17 bits per heavy atom. The summed E-state index contributed by atoms with van der Waals surface area (Å²) in [5.74, 6) is -0.0456. The van der Waals surface area contributed by atoms with E-state index in [-0.39, 0.29) is 11.9 Å². The summed E-state index contributed by atoms with van der Waals surface area (Å²) < 4.78 is 0. The van der Waals surface area contributed by atoms with Gasteiger partial charge in [-0.25, -0.2) is 0 Å². The fourth-order valence-electron chi connectivity index (χ4n) is 2.81. The van der Waals surface area contributed by atoms with E-state index < -0.39 is 0 Å². The predicted molar refractivity (Wildman–Crippen MR) is 98.6 cm³/mol. The number of aryl methyl sites for hydroxylation is 2. The number of carbonyl (C=O) groups is 1. The number of nitrogens with one attached hydrogen (secondary N) is 1. The zero-order chi connectivity index (χ0) is 17.1. The summed E-state index contributed by atoms with van der Waals surface area (Å²) in [5.41, 5.74) is 5.44. The largest absolute Gasteiger partial charge is 0.349 e. The number of rotatable bonds is 5. The summed E-state index contributed by atoms with van der Waals surface area (Å²) in [5, 5.41) is 4.02. The molecule has 3 aromatic rings. The van der Waals surface area contributed by atoms with Crippen LogP contribution in [0.3, 0.4) is 0 Å². The van der Waals surface area contributed by atoms with Crippen LogP contribution in [0.1, 0.15) is 40.3 Å². The molecule has 0 aliphatic carbocycles. The van der Waals surface area contributed by atoms with Crippen LogP contribution in [-0.2, 0) is 12.8 Å². The Hall–Kier alpha value is -2.27. The quantitative estimate of drug-likeness (QED) is 0.766. The van der Waals surface area contributed by atoms with Crippen LogP contribution in [-0.4, -0.2) is 21.9 Å². The highest BCUT2D eigenvalue weighted by molar-refractivity contribution is 7.09. The van der Waals surface area contributed by atoms with Gasteiger partial charge in [0.05, 0.1) is 16.6 Å². The molecule has 1 unspecified atom stereocenters. The Morgan fingerprint density at radius 3 is 2.88 bits per heavy atom. The van der Waals surface area contributed by atoms with E-state index in [1.807, 2.05) is 37.7 Å². The molecule has 0 aliphatic rings. The van der Waals surface area contributed by atoms with Crippen molar-refractivity contribution in [1.82, 2.24) is 15.3 Å². The summed E-state index contributed by atoms with van der Waals surface area (Å²) in [7, 11) is 0. The first kappa shape index (κ1) is 16.6. The first-order chi connectivity index (χ1) is 11.6. The van der Waals surface area contributed by atoms with E-state index in [1.54, 1.807) is 11.3 Å². The molecule has 3 rings (SSSR count). The number of carbonyl (C=O) groups excluding carboxylic acids is 1. The molecule has 0 aliphatic heterocycles. The lowest BCUT2D eigenvalue weighted by molar-refractivity contribution is 0.0941. The molecule has 0 bridgehead atoms. The Balaban J connectivity index is 1.88. The third-order valence-corrected chi connectivity index (χ3v) is 4.82. The Labute approximate surface area is 146 Å². The number of nitrogens with zero attached hydrogens (tertiary/aromatic N) is 2. The molecule has 0 radical (unpaired) electrons. The number of thiazole rings is 1. The zero-order valence-electron chi connectivity index (χ0n) is 14.2. The molecule has 0 saturated carbocycles. The van der Waals surface area contributed by atoms with Crippen molar-refractivity contribution in [2.75, 3.05) is 0 Å². The van der Waals surface area contributed by atoms with Crippen molar-refractivity contribution < 1.29 is 4.79 Å². The van der Waals surface area contributed by atoms with Crippen LogP contribution in [0.4, 0.5) is 0 Å². The number of benzene rings is 1. The van der Waals surface area contributed by atoms with Gasteiger partial charge in [-0.3, -0.25) is 14.8 Å².